The highest BCUT2D eigenvalue weighted by Gasteiger charge is 2.22. The summed E-state index contributed by atoms with van der Waals surface area (Å²) in [6, 6.07) is 5.44. The number of hydrogen-bond donors (Lipinski definition) is 1. The van der Waals surface area contributed by atoms with Crippen LogP contribution in [-0.4, -0.2) is 27.6 Å². The molecule has 136 valence electrons. The lowest BCUT2D eigenvalue weighted by atomic mass is 9.89. The van der Waals surface area contributed by atoms with E-state index >= 15 is 0 Å². The number of Topliss-reactive ketones (excluding diaryl/α,β-unsaturated/α-hetero) is 1. The van der Waals surface area contributed by atoms with Gasteiger partial charge in [0, 0.05) is 23.6 Å². The summed E-state index contributed by atoms with van der Waals surface area (Å²) in [5.74, 6) is 1.39. The Balaban J connectivity index is 1.37. The number of amides is 1. The Hall–Kier alpha value is -2.15. The van der Waals surface area contributed by atoms with Crippen LogP contribution in [0.2, 0.25) is 0 Å². The van der Waals surface area contributed by atoms with Gasteiger partial charge in [0.1, 0.15) is 0 Å². The topological polar surface area (TPSA) is 85.1 Å². The Morgan fingerprint density at radius 3 is 2.88 bits per heavy atom. The molecule has 0 bridgehead atoms. The van der Waals surface area contributed by atoms with Crippen molar-refractivity contribution in [2.45, 2.75) is 56.1 Å². The lowest BCUT2D eigenvalue weighted by Gasteiger charge is -2.17. The minimum absolute atomic E-state index is 0.0205. The SMILES string of the molecule is O=C1CCc2cc(C(=O)CSc3nnc(C4CCCCC4)o3)ccc2N1. The van der Waals surface area contributed by atoms with Crippen molar-refractivity contribution < 1.29 is 14.0 Å². The Bertz CT molecular complexity index is 827. The van der Waals surface area contributed by atoms with Crippen LogP contribution in [0, 0.1) is 0 Å². The number of benzene rings is 1. The van der Waals surface area contributed by atoms with Crippen molar-refractivity contribution in [3.05, 3.63) is 35.2 Å². The van der Waals surface area contributed by atoms with E-state index in [-0.39, 0.29) is 17.4 Å². The zero-order chi connectivity index (χ0) is 17.9. The molecule has 1 amide bonds. The molecule has 0 unspecified atom stereocenters. The van der Waals surface area contributed by atoms with Gasteiger partial charge in [0.25, 0.3) is 5.22 Å². The molecule has 1 aromatic carbocycles. The molecule has 1 saturated carbocycles. The van der Waals surface area contributed by atoms with Crippen molar-refractivity contribution in [2.24, 2.45) is 0 Å². The summed E-state index contributed by atoms with van der Waals surface area (Å²) in [5.41, 5.74) is 2.47. The van der Waals surface area contributed by atoms with Crippen LogP contribution in [0.5, 0.6) is 0 Å². The summed E-state index contributed by atoms with van der Waals surface area (Å²) < 4.78 is 5.75. The molecule has 1 aliphatic heterocycles. The zero-order valence-corrected chi connectivity index (χ0v) is 15.3. The number of anilines is 1. The molecular weight excluding hydrogens is 350 g/mol. The Kier molecular flexibility index (Phi) is 5.06. The first kappa shape index (κ1) is 17.3. The number of fused-ring (bicyclic) bond motifs is 1. The molecule has 26 heavy (non-hydrogen) atoms. The fourth-order valence-corrected chi connectivity index (χ4v) is 4.22. The third-order valence-corrected chi connectivity index (χ3v) is 5.84. The van der Waals surface area contributed by atoms with Gasteiger partial charge in [-0.1, -0.05) is 31.0 Å². The molecule has 7 heteroatoms. The number of ketones is 1. The van der Waals surface area contributed by atoms with Gasteiger partial charge in [0.15, 0.2) is 5.78 Å². The van der Waals surface area contributed by atoms with Gasteiger partial charge in [-0.2, -0.15) is 0 Å². The zero-order valence-electron chi connectivity index (χ0n) is 14.5. The minimum atomic E-state index is 0.0205. The van der Waals surface area contributed by atoms with Gasteiger partial charge in [-0.05, 0) is 43.0 Å². The van der Waals surface area contributed by atoms with Crippen molar-refractivity contribution in [2.75, 3.05) is 11.1 Å². The predicted octanol–water partition coefficient (Wildman–Crippen LogP) is 3.98. The number of thioether (sulfide) groups is 1. The van der Waals surface area contributed by atoms with Crippen LogP contribution in [0.1, 0.15) is 66.3 Å². The van der Waals surface area contributed by atoms with Crippen LogP contribution in [0.4, 0.5) is 5.69 Å². The van der Waals surface area contributed by atoms with Crippen molar-refractivity contribution >= 4 is 29.1 Å². The number of nitrogens with zero attached hydrogens (tertiary/aromatic N) is 2. The summed E-state index contributed by atoms with van der Waals surface area (Å²) in [5, 5.41) is 11.5. The number of carbonyl (C=O) groups excluding carboxylic acids is 2. The van der Waals surface area contributed by atoms with Gasteiger partial charge in [-0.3, -0.25) is 9.59 Å². The second-order valence-corrected chi connectivity index (χ2v) is 7.80. The van der Waals surface area contributed by atoms with Crippen LogP contribution in [-0.2, 0) is 11.2 Å². The quantitative estimate of drug-likeness (QED) is 0.632. The number of carbonyl (C=O) groups is 2. The molecule has 6 nitrogen and oxygen atoms in total. The number of aromatic nitrogens is 2. The van der Waals surface area contributed by atoms with Crippen molar-refractivity contribution in [1.29, 1.82) is 0 Å². The van der Waals surface area contributed by atoms with Crippen LogP contribution in [0.15, 0.2) is 27.8 Å². The Labute approximate surface area is 156 Å². The highest BCUT2D eigenvalue weighted by molar-refractivity contribution is 7.99. The van der Waals surface area contributed by atoms with Gasteiger partial charge >= 0.3 is 0 Å². The van der Waals surface area contributed by atoms with Gasteiger partial charge in [0.05, 0.1) is 5.75 Å². The Morgan fingerprint density at radius 2 is 2.04 bits per heavy atom. The van der Waals surface area contributed by atoms with Gasteiger partial charge in [-0.15, -0.1) is 10.2 Å². The summed E-state index contributed by atoms with van der Waals surface area (Å²) in [4.78, 5) is 23.9. The molecule has 1 aliphatic carbocycles. The number of nitrogens with one attached hydrogen (secondary N) is 1. The van der Waals surface area contributed by atoms with E-state index in [1.165, 1.54) is 31.0 Å². The molecule has 0 saturated heterocycles. The maximum Gasteiger partial charge on any atom is 0.277 e. The number of rotatable bonds is 5. The largest absolute Gasteiger partial charge is 0.416 e. The lowest BCUT2D eigenvalue weighted by molar-refractivity contribution is -0.116. The van der Waals surface area contributed by atoms with E-state index in [9.17, 15) is 9.59 Å². The van der Waals surface area contributed by atoms with Crippen LogP contribution < -0.4 is 5.32 Å². The standard InChI is InChI=1S/C19H21N3O3S/c23-16(14-6-8-15-13(10-14)7-9-17(24)20-15)11-26-19-22-21-18(25-19)12-4-2-1-3-5-12/h6,8,10,12H,1-5,7,9,11H2,(H,20,24). The van der Waals surface area contributed by atoms with Crippen molar-refractivity contribution in [3.63, 3.8) is 0 Å². The summed E-state index contributed by atoms with van der Waals surface area (Å²) in [6.45, 7) is 0. The minimum Gasteiger partial charge on any atom is -0.416 e. The fraction of sp³-hybridized carbons (Fsp3) is 0.474. The number of hydrogen-bond acceptors (Lipinski definition) is 6. The predicted molar refractivity (Wildman–Crippen MR) is 98.6 cm³/mol. The van der Waals surface area contributed by atoms with Crippen molar-refractivity contribution in [1.82, 2.24) is 10.2 Å². The smallest absolute Gasteiger partial charge is 0.277 e. The third kappa shape index (κ3) is 3.82. The van der Waals surface area contributed by atoms with E-state index in [0.29, 0.717) is 35.4 Å². The summed E-state index contributed by atoms with van der Waals surface area (Å²) in [7, 11) is 0. The van der Waals surface area contributed by atoms with Gasteiger partial charge in [0.2, 0.25) is 11.8 Å². The van der Waals surface area contributed by atoms with E-state index in [1.807, 2.05) is 6.07 Å². The van der Waals surface area contributed by atoms with Crippen LogP contribution in [0.3, 0.4) is 0 Å². The van der Waals surface area contributed by atoms with Gasteiger partial charge in [-0.25, -0.2) is 0 Å². The second-order valence-electron chi connectivity index (χ2n) is 6.87. The first-order valence-electron chi connectivity index (χ1n) is 9.11. The average molecular weight is 371 g/mol. The normalized spacial score (nSPS) is 17.6. The molecule has 2 aromatic rings. The molecule has 2 heterocycles. The lowest BCUT2D eigenvalue weighted by Crippen LogP contribution is -2.19. The second kappa shape index (κ2) is 7.61. The van der Waals surface area contributed by atoms with E-state index in [4.69, 9.17) is 4.42 Å². The molecular formula is C19H21N3O3S. The van der Waals surface area contributed by atoms with E-state index in [2.05, 4.69) is 15.5 Å². The van der Waals surface area contributed by atoms with Crippen LogP contribution in [0.25, 0.3) is 0 Å². The molecule has 0 atom stereocenters. The molecule has 4 rings (SSSR count). The molecule has 2 aliphatic rings. The van der Waals surface area contributed by atoms with Crippen LogP contribution >= 0.6 is 11.8 Å². The van der Waals surface area contributed by atoms with E-state index in [1.54, 1.807) is 12.1 Å². The highest BCUT2D eigenvalue weighted by atomic mass is 32.2. The first-order chi connectivity index (χ1) is 12.7. The molecule has 0 spiro atoms. The monoisotopic (exact) mass is 371 g/mol. The molecule has 1 aromatic heterocycles. The van der Waals surface area contributed by atoms with Gasteiger partial charge < -0.3 is 9.73 Å². The first-order valence-corrected chi connectivity index (χ1v) is 10.1. The Morgan fingerprint density at radius 1 is 1.19 bits per heavy atom. The highest BCUT2D eigenvalue weighted by Crippen LogP contribution is 2.33. The summed E-state index contributed by atoms with van der Waals surface area (Å²) >= 11 is 1.29. The maximum atomic E-state index is 12.5. The summed E-state index contributed by atoms with van der Waals surface area (Å²) in [6.07, 6.45) is 7.06. The molecule has 1 fully saturated rings. The third-order valence-electron chi connectivity index (χ3n) is 5.03. The number of aryl methyl sites for hydroxylation is 1. The molecule has 1 N–H and O–H groups in total. The van der Waals surface area contributed by atoms with Crippen molar-refractivity contribution in [3.8, 4) is 0 Å². The fourth-order valence-electron chi connectivity index (χ4n) is 3.56. The average Bonchev–Trinajstić information content (AvgIpc) is 3.15. The molecule has 0 radical (unpaired) electrons. The van der Waals surface area contributed by atoms with E-state index < -0.39 is 0 Å². The van der Waals surface area contributed by atoms with E-state index in [0.717, 1.165) is 24.1 Å². The maximum absolute atomic E-state index is 12.5.